The van der Waals surface area contributed by atoms with Crippen LogP contribution in [0.3, 0.4) is 0 Å². The highest BCUT2D eigenvalue weighted by Gasteiger charge is 2.34. The zero-order valence-electron chi connectivity index (χ0n) is 41.6. The topological polar surface area (TPSA) is 123 Å². The van der Waals surface area contributed by atoms with E-state index < -0.39 is 26.9 Å². The summed E-state index contributed by atoms with van der Waals surface area (Å²) in [4.78, 5) is 41.4. The fraction of sp³-hybridized carbons (Fsp3) is 0.542. The molecule has 2 saturated carbocycles. The SMILES string of the molecule is [2H]C([2H])([2H])Oc1ccc(C(=O)C[C@@H](CC)C2CCC(c3ccnc(OC)c3C(F)F)CC2)cn1.[2H]C([2H])([2H])Oc1ccc(C(=O)C[C@H](CC)C2CCC(c3ccnc(OC)c3C(F)F)CC2)cn1. The minimum atomic E-state index is -2.65. The molecular formula is C48H60F4N4O6. The van der Waals surface area contributed by atoms with Crippen molar-refractivity contribution in [1.29, 1.82) is 0 Å². The Kier molecular flexibility index (Phi) is 14.9. The molecule has 336 valence electrons. The maximum atomic E-state index is 13.7. The van der Waals surface area contributed by atoms with Gasteiger partial charge in [0.05, 0.1) is 47.6 Å². The Morgan fingerprint density at radius 1 is 0.597 bits per heavy atom. The van der Waals surface area contributed by atoms with Crippen molar-refractivity contribution in [1.82, 2.24) is 19.9 Å². The molecule has 4 aromatic heterocycles. The Morgan fingerprint density at radius 2 is 0.984 bits per heavy atom. The van der Waals surface area contributed by atoms with Crippen molar-refractivity contribution in [2.75, 3.05) is 28.3 Å². The molecule has 0 amide bonds. The number of hydrogen-bond donors (Lipinski definition) is 0. The summed E-state index contributed by atoms with van der Waals surface area (Å²) < 4.78 is 117. The van der Waals surface area contributed by atoms with Gasteiger partial charge in [-0.05, 0) is 122 Å². The number of methoxy groups -OCH3 is 4. The number of aromatic nitrogens is 4. The van der Waals surface area contributed by atoms with Gasteiger partial charge >= 0.3 is 0 Å². The molecule has 0 radical (unpaired) electrons. The third-order valence-electron chi connectivity index (χ3n) is 12.8. The number of alkyl halides is 4. The smallest absolute Gasteiger partial charge is 0.269 e. The Balaban J connectivity index is 0.000000254. The van der Waals surface area contributed by atoms with Gasteiger partial charge in [0, 0.05) is 60.9 Å². The van der Waals surface area contributed by atoms with Crippen LogP contribution in [0.2, 0.25) is 0 Å². The largest absolute Gasteiger partial charge is 0.481 e. The number of ketones is 2. The molecule has 62 heavy (non-hydrogen) atoms. The van der Waals surface area contributed by atoms with Gasteiger partial charge in [0.25, 0.3) is 12.9 Å². The van der Waals surface area contributed by atoms with Crippen LogP contribution < -0.4 is 18.9 Å². The van der Waals surface area contributed by atoms with Crippen LogP contribution in [-0.2, 0) is 0 Å². The van der Waals surface area contributed by atoms with Gasteiger partial charge in [0.1, 0.15) is 0 Å². The molecule has 0 aromatic carbocycles. The van der Waals surface area contributed by atoms with Crippen LogP contribution in [0.1, 0.15) is 167 Å². The van der Waals surface area contributed by atoms with E-state index in [1.807, 2.05) is 0 Å². The summed E-state index contributed by atoms with van der Waals surface area (Å²) in [5, 5.41) is 0. The number of hydrogen-bond acceptors (Lipinski definition) is 10. The summed E-state index contributed by atoms with van der Waals surface area (Å²) in [5.74, 6) is 0.774. The van der Waals surface area contributed by atoms with Crippen molar-refractivity contribution in [3.8, 4) is 23.5 Å². The van der Waals surface area contributed by atoms with E-state index in [2.05, 4.69) is 33.8 Å². The van der Waals surface area contributed by atoms with Gasteiger partial charge in [-0.1, -0.05) is 26.7 Å². The van der Waals surface area contributed by atoms with Gasteiger partial charge in [-0.3, -0.25) is 9.59 Å². The third kappa shape index (κ3) is 12.1. The highest BCUT2D eigenvalue weighted by molar-refractivity contribution is 5.96. The van der Waals surface area contributed by atoms with E-state index in [0.717, 1.165) is 64.2 Å². The number of nitrogens with zero attached hydrogens (tertiary/aromatic N) is 4. The minimum absolute atomic E-state index is 0.0142. The Morgan fingerprint density at radius 3 is 1.27 bits per heavy atom. The summed E-state index contributed by atoms with van der Waals surface area (Å²) in [6.07, 6.45) is 9.30. The molecule has 4 aromatic rings. The second kappa shape index (κ2) is 23.3. The lowest BCUT2D eigenvalue weighted by atomic mass is 9.71. The number of pyridine rings is 4. The van der Waals surface area contributed by atoms with Gasteiger partial charge in [-0.2, -0.15) is 0 Å². The molecule has 6 rings (SSSR count). The van der Waals surface area contributed by atoms with Gasteiger partial charge in [-0.25, -0.2) is 37.5 Å². The number of rotatable bonds is 18. The van der Waals surface area contributed by atoms with E-state index in [9.17, 15) is 27.2 Å². The maximum absolute atomic E-state index is 13.7. The lowest BCUT2D eigenvalue weighted by Crippen LogP contribution is -2.23. The molecule has 0 unspecified atom stereocenters. The standard InChI is InChI=1S/2C24H30F2N2O3/c2*1-4-15(13-20(29)18-9-10-21(30-2)28-14-18)16-5-7-17(8-6-16)19-11-12-27-24(31-3)22(19)23(25)26/h2*9-12,14-17,23H,4-8,13H2,1-3H3/t2*15-,16?,17?/m10/s1/i2*2D3. The quantitative estimate of drug-likeness (QED) is 0.0705. The molecule has 0 aliphatic heterocycles. The molecule has 2 aliphatic rings. The monoisotopic (exact) mass is 870 g/mol. The first kappa shape index (κ1) is 39.7. The predicted molar refractivity (Wildman–Crippen MR) is 228 cm³/mol. The summed E-state index contributed by atoms with van der Waals surface area (Å²) in [5.41, 5.74) is 1.80. The van der Waals surface area contributed by atoms with E-state index in [1.54, 1.807) is 12.1 Å². The lowest BCUT2D eigenvalue weighted by molar-refractivity contribution is 0.0917. The molecule has 0 saturated heterocycles. The van der Waals surface area contributed by atoms with E-state index >= 15 is 0 Å². The Labute approximate surface area is 371 Å². The van der Waals surface area contributed by atoms with Crippen LogP contribution in [0.15, 0.2) is 61.2 Å². The fourth-order valence-electron chi connectivity index (χ4n) is 9.43. The van der Waals surface area contributed by atoms with Crippen molar-refractivity contribution < 1.29 is 54.3 Å². The summed E-state index contributed by atoms with van der Waals surface area (Å²) in [7, 11) is -2.49. The normalized spacial score (nSPS) is 21.6. The molecule has 10 nitrogen and oxygen atoms in total. The molecule has 4 heterocycles. The van der Waals surface area contributed by atoms with Crippen LogP contribution in [-0.4, -0.2) is 59.8 Å². The average molecular weight is 871 g/mol. The van der Waals surface area contributed by atoms with Crippen molar-refractivity contribution in [2.24, 2.45) is 23.7 Å². The van der Waals surface area contributed by atoms with Crippen LogP contribution in [0.4, 0.5) is 17.6 Å². The first-order chi connectivity index (χ1) is 32.2. The predicted octanol–water partition coefficient (Wildman–Crippen LogP) is 12.0. The molecular weight excluding hydrogens is 805 g/mol. The summed E-state index contributed by atoms with van der Waals surface area (Å²) in [6, 6.07) is 9.17. The number of Topliss-reactive ketones (excluding diaryl/α,β-unsaturated/α-hetero) is 2. The third-order valence-corrected chi connectivity index (χ3v) is 12.8. The fourth-order valence-corrected chi connectivity index (χ4v) is 9.43. The first-order valence-corrected chi connectivity index (χ1v) is 21.2. The molecule has 0 bridgehead atoms. The van der Waals surface area contributed by atoms with Gasteiger partial charge in [0.2, 0.25) is 23.5 Å². The van der Waals surface area contributed by atoms with Gasteiger partial charge in [0.15, 0.2) is 11.6 Å². The number of halogens is 4. The van der Waals surface area contributed by atoms with Crippen molar-refractivity contribution in [2.45, 2.75) is 116 Å². The van der Waals surface area contributed by atoms with E-state index in [4.69, 9.17) is 27.2 Å². The molecule has 0 spiro atoms. The van der Waals surface area contributed by atoms with Crippen LogP contribution in [0.5, 0.6) is 23.5 Å². The molecule has 14 heteroatoms. The minimum Gasteiger partial charge on any atom is -0.481 e. The lowest BCUT2D eigenvalue weighted by Gasteiger charge is -2.34. The van der Waals surface area contributed by atoms with Crippen LogP contribution in [0.25, 0.3) is 0 Å². The van der Waals surface area contributed by atoms with Crippen LogP contribution >= 0.6 is 0 Å². The maximum Gasteiger partial charge on any atom is 0.269 e. The Hall–Kier alpha value is -5.14. The summed E-state index contributed by atoms with van der Waals surface area (Å²) in [6.45, 7) is 4.11. The van der Waals surface area contributed by atoms with Crippen molar-refractivity contribution in [3.63, 3.8) is 0 Å². The summed E-state index contributed by atoms with van der Waals surface area (Å²) >= 11 is 0. The van der Waals surface area contributed by atoms with Gasteiger partial charge < -0.3 is 18.9 Å². The average Bonchev–Trinajstić information content (AvgIpc) is 3.31. The van der Waals surface area contributed by atoms with Crippen molar-refractivity contribution >= 4 is 11.6 Å². The number of carbonyl (C=O) groups excluding carboxylic acids is 2. The zero-order chi connectivity index (χ0) is 49.8. The molecule has 2 aliphatic carbocycles. The van der Waals surface area contributed by atoms with E-state index in [1.165, 1.54) is 63.3 Å². The Bertz CT molecular complexity index is 2080. The van der Waals surface area contributed by atoms with E-state index in [-0.39, 0.29) is 69.9 Å². The van der Waals surface area contributed by atoms with Gasteiger partial charge in [-0.15, -0.1) is 0 Å². The zero-order valence-corrected chi connectivity index (χ0v) is 35.6. The molecule has 2 fully saturated rings. The number of carbonyl (C=O) groups is 2. The van der Waals surface area contributed by atoms with E-state index in [0.29, 0.717) is 46.9 Å². The molecule has 2 atom stereocenters. The number of ether oxygens (including phenoxy) is 4. The highest BCUT2D eigenvalue weighted by Crippen LogP contribution is 2.46. The second-order valence-corrected chi connectivity index (χ2v) is 16.0. The second-order valence-electron chi connectivity index (χ2n) is 16.0. The van der Waals surface area contributed by atoms with Crippen molar-refractivity contribution in [3.05, 3.63) is 94.6 Å². The first-order valence-electron chi connectivity index (χ1n) is 24.2. The molecule has 0 N–H and O–H groups in total. The van der Waals surface area contributed by atoms with Crippen LogP contribution in [0, 0.1) is 23.7 Å². The highest BCUT2D eigenvalue weighted by atomic mass is 19.3.